The van der Waals surface area contributed by atoms with Crippen molar-refractivity contribution in [2.45, 2.75) is 26.8 Å². The first-order chi connectivity index (χ1) is 13.5. The summed E-state index contributed by atoms with van der Waals surface area (Å²) in [5.74, 6) is 0.719. The summed E-state index contributed by atoms with van der Waals surface area (Å²) in [5, 5.41) is 8.92. The van der Waals surface area contributed by atoms with Gasteiger partial charge in [-0.25, -0.2) is 0 Å². The maximum Gasteiger partial charge on any atom is 0.141 e. The summed E-state index contributed by atoms with van der Waals surface area (Å²) in [6, 6.07) is 9.62. The van der Waals surface area contributed by atoms with Gasteiger partial charge in [0, 0.05) is 27.7 Å². The molecule has 0 unspecified atom stereocenters. The van der Waals surface area contributed by atoms with Crippen molar-refractivity contribution in [2.75, 3.05) is 11.1 Å². The van der Waals surface area contributed by atoms with Crippen molar-refractivity contribution in [1.29, 1.82) is 0 Å². The van der Waals surface area contributed by atoms with Crippen LogP contribution >= 0.6 is 11.6 Å². The number of nitrogen functional groups attached to an aromatic ring is 1. The van der Waals surface area contributed by atoms with Crippen LogP contribution in [0.25, 0.3) is 22.0 Å². The first kappa shape index (κ1) is 18.3. The molecule has 3 N–H and O–H groups in total. The molecule has 6 nitrogen and oxygen atoms in total. The smallest absolute Gasteiger partial charge is 0.141 e. The minimum atomic E-state index is -0.0323. The van der Waals surface area contributed by atoms with Gasteiger partial charge in [-0.15, -0.1) is 0 Å². The molecule has 3 heterocycles. The van der Waals surface area contributed by atoms with Gasteiger partial charge in [0.05, 0.1) is 40.5 Å². The third kappa shape index (κ3) is 3.16. The van der Waals surface area contributed by atoms with Crippen LogP contribution in [0, 0.1) is 13.8 Å². The Hall–Kier alpha value is -3.12. The summed E-state index contributed by atoms with van der Waals surface area (Å²) < 4.78 is 5.29. The van der Waals surface area contributed by atoms with Gasteiger partial charge in [-0.3, -0.25) is 9.97 Å². The minimum absolute atomic E-state index is 0.0323. The van der Waals surface area contributed by atoms with E-state index in [0.29, 0.717) is 10.7 Å². The van der Waals surface area contributed by atoms with Crippen LogP contribution < -0.4 is 11.1 Å². The fourth-order valence-corrected chi connectivity index (χ4v) is 3.63. The molecule has 0 aliphatic rings. The Labute approximate surface area is 167 Å². The molecule has 142 valence electrons. The molecule has 4 rings (SSSR count). The van der Waals surface area contributed by atoms with Crippen molar-refractivity contribution in [3.63, 3.8) is 0 Å². The van der Waals surface area contributed by atoms with Gasteiger partial charge in [0.15, 0.2) is 0 Å². The zero-order valence-electron chi connectivity index (χ0n) is 15.8. The second-order valence-electron chi connectivity index (χ2n) is 6.76. The van der Waals surface area contributed by atoms with Gasteiger partial charge in [-0.05, 0) is 45.0 Å². The largest absolute Gasteiger partial charge is 0.396 e. The predicted molar refractivity (Wildman–Crippen MR) is 112 cm³/mol. The quantitative estimate of drug-likeness (QED) is 0.488. The highest BCUT2D eigenvalue weighted by molar-refractivity contribution is 6.34. The van der Waals surface area contributed by atoms with Crippen LogP contribution in [0.1, 0.15) is 30.1 Å². The number of rotatable bonds is 4. The van der Waals surface area contributed by atoms with Crippen molar-refractivity contribution in [1.82, 2.24) is 15.1 Å². The lowest BCUT2D eigenvalue weighted by atomic mass is 10.0. The number of halogens is 1. The van der Waals surface area contributed by atoms with E-state index in [2.05, 4.69) is 20.4 Å². The zero-order chi connectivity index (χ0) is 19.8. The van der Waals surface area contributed by atoms with Crippen LogP contribution in [0.3, 0.4) is 0 Å². The normalized spacial score (nSPS) is 12.3. The molecule has 0 aliphatic heterocycles. The summed E-state index contributed by atoms with van der Waals surface area (Å²) in [4.78, 5) is 8.91. The van der Waals surface area contributed by atoms with E-state index < -0.39 is 0 Å². The Bertz CT molecular complexity index is 1140. The highest BCUT2D eigenvalue weighted by Crippen LogP contribution is 2.39. The third-order valence-corrected chi connectivity index (χ3v) is 5.09. The monoisotopic (exact) mass is 393 g/mol. The Morgan fingerprint density at radius 2 is 2.00 bits per heavy atom. The van der Waals surface area contributed by atoms with Gasteiger partial charge >= 0.3 is 0 Å². The van der Waals surface area contributed by atoms with Crippen LogP contribution in [0.4, 0.5) is 11.4 Å². The minimum Gasteiger partial charge on any atom is -0.396 e. The number of nitrogens with zero attached hydrogens (tertiary/aromatic N) is 3. The van der Waals surface area contributed by atoms with Gasteiger partial charge in [0.25, 0.3) is 0 Å². The second-order valence-corrected chi connectivity index (χ2v) is 7.16. The number of aryl methyl sites for hydroxylation is 2. The Kier molecular flexibility index (Phi) is 4.65. The Balaban J connectivity index is 1.82. The highest BCUT2D eigenvalue weighted by atomic mass is 35.5. The van der Waals surface area contributed by atoms with Gasteiger partial charge in [0.1, 0.15) is 5.76 Å². The standard InChI is InChI=1S/C21H20ClN5O/c1-11(18-6-4-5-7-24-18)26-21-15-8-16(22)14(9-19(15)25-10-17(21)23)20-12(2)27-28-13(20)3/h4-11H,23H2,1-3H3,(H,25,26)/t11-/m1/s1. The number of anilines is 2. The fraction of sp³-hybridized carbons (Fsp3) is 0.190. The average molecular weight is 394 g/mol. The summed E-state index contributed by atoms with van der Waals surface area (Å²) in [7, 11) is 0. The third-order valence-electron chi connectivity index (χ3n) is 4.78. The molecule has 3 aromatic heterocycles. The lowest BCUT2D eigenvalue weighted by Gasteiger charge is -2.18. The summed E-state index contributed by atoms with van der Waals surface area (Å²) in [6.45, 7) is 5.80. The number of benzene rings is 1. The number of nitrogens with two attached hydrogens (primary N) is 1. The Morgan fingerprint density at radius 1 is 1.18 bits per heavy atom. The molecule has 4 aromatic rings. The van der Waals surface area contributed by atoms with E-state index >= 15 is 0 Å². The van der Waals surface area contributed by atoms with Crippen LogP contribution in [0.15, 0.2) is 47.2 Å². The predicted octanol–water partition coefficient (Wildman–Crippen LogP) is 5.31. The lowest BCUT2D eigenvalue weighted by Crippen LogP contribution is -2.10. The molecule has 0 aliphatic carbocycles. The lowest BCUT2D eigenvalue weighted by molar-refractivity contribution is 0.393. The van der Waals surface area contributed by atoms with E-state index in [4.69, 9.17) is 21.9 Å². The zero-order valence-corrected chi connectivity index (χ0v) is 16.6. The van der Waals surface area contributed by atoms with Crippen molar-refractivity contribution in [2.24, 2.45) is 0 Å². The molecule has 0 radical (unpaired) electrons. The van der Waals surface area contributed by atoms with E-state index in [9.17, 15) is 0 Å². The van der Waals surface area contributed by atoms with Crippen LogP contribution in [-0.2, 0) is 0 Å². The molecule has 1 atom stereocenters. The molecule has 0 fully saturated rings. The van der Waals surface area contributed by atoms with Crippen molar-refractivity contribution in [3.8, 4) is 11.1 Å². The van der Waals surface area contributed by atoms with Crippen LogP contribution in [0.2, 0.25) is 5.02 Å². The van der Waals surface area contributed by atoms with Gasteiger partial charge in [0.2, 0.25) is 0 Å². The van der Waals surface area contributed by atoms with Gasteiger partial charge in [-0.1, -0.05) is 22.8 Å². The van der Waals surface area contributed by atoms with Gasteiger partial charge in [-0.2, -0.15) is 0 Å². The molecule has 0 bridgehead atoms. The van der Waals surface area contributed by atoms with E-state index in [-0.39, 0.29) is 6.04 Å². The van der Waals surface area contributed by atoms with E-state index in [0.717, 1.165) is 44.9 Å². The maximum absolute atomic E-state index is 6.64. The number of aromatic nitrogens is 3. The van der Waals surface area contributed by atoms with Crippen LogP contribution in [0.5, 0.6) is 0 Å². The summed E-state index contributed by atoms with van der Waals surface area (Å²) in [6.07, 6.45) is 3.43. The summed E-state index contributed by atoms with van der Waals surface area (Å²) >= 11 is 6.64. The van der Waals surface area contributed by atoms with Gasteiger partial charge < -0.3 is 15.6 Å². The molecule has 0 saturated heterocycles. The van der Waals surface area contributed by atoms with E-state index in [1.807, 2.05) is 51.1 Å². The highest BCUT2D eigenvalue weighted by Gasteiger charge is 2.18. The molecule has 0 saturated carbocycles. The van der Waals surface area contributed by atoms with Crippen molar-refractivity contribution in [3.05, 3.63) is 64.9 Å². The molecular formula is C21H20ClN5O. The topological polar surface area (TPSA) is 89.9 Å². The number of nitrogens with one attached hydrogen (secondary N) is 1. The maximum atomic E-state index is 6.64. The molecule has 0 amide bonds. The van der Waals surface area contributed by atoms with Crippen LogP contribution in [-0.4, -0.2) is 15.1 Å². The average Bonchev–Trinajstić information content (AvgIpc) is 3.03. The SMILES string of the molecule is Cc1noc(C)c1-c1cc2ncc(N)c(N[C@H](C)c3ccccn3)c2cc1Cl. The Morgan fingerprint density at radius 3 is 2.68 bits per heavy atom. The first-order valence-electron chi connectivity index (χ1n) is 8.94. The number of hydrogen-bond acceptors (Lipinski definition) is 6. The first-order valence-corrected chi connectivity index (χ1v) is 9.32. The van der Waals surface area contributed by atoms with Crippen molar-refractivity contribution < 1.29 is 4.52 Å². The molecule has 1 aromatic carbocycles. The number of fused-ring (bicyclic) bond motifs is 1. The number of hydrogen-bond donors (Lipinski definition) is 2. The summed E-state index contributed by atoms with van der Waals surface area (Å²) in [5.41, 5.74) is 11.8. The fourth-order valence-electron chi connectivity index (χ4n) is 3.37. The van der Waals surface area contributed by atoms with E-state index in [1.165, 1.54) is 0 Å². The molecule has 28 heavy (non-hydrogen) atoms. The van der Waals surface area contributed by atoms with Crippen molar-refractivity contribution >= 4 is 33.9 Å². The van der Waals surface area contributed by atoms with E-state index in [1.54, 1.807) is 12.4 Å². The number of pyridine rings is 2. The molecule has 7 heteroatoms. The molecule has 0 spiro atoms. The second kappa shape index (κ2) is 7.13. The molecular weight excluding hydrogens is 374 g/mol.